The molecule has 0 heterocycles. The maximum atomic E-state index is 13.8. The van der Waals surface area contributed by atoms with Crippen LogP contribution in [0.15, 0.2) is 67.3 Å². The quantitative estimate of drug-likeness (QED) is 0.308. The highest BCUT2D eigenvalue weighted by atomic mass is 19.3. The summed E-state index contributed by atoms with van der Waals surface area (Å²) in [6.07, 6.45) is 9.27. The number of carbonyl (C=O) groups is 1. The minimum Gasteiger partial charge on any atom is -0.379 e. The van der Waals surface area contributed by atoms with Crippen LogP contribution >= 0.6 is 0 Å². The first-order valence-corrected chi connectivity index (χ1v) is 12.5. The zero-order valence-corrected chi connectivity index (χ0v) is 20.3. The van der Waals surface area contributed by atoms with E-state index in [0.29, 0.717) is 36.7 Å². The van der Waals surface area contributed by atoms with Crippen LogP contribution < -0.4 is 0 Å². The molecule has 2 saturated carbocycles. The summed E-state index contributed by atoms with van der Waals surface area (Å²) in [5.41, 5.74) is -0.279. The number of hydrogen-bond acceptors (Lipinski definition) is 2. The highest BCUT2D eigenvalue weighted by Crippen LogP contribution is 2.51. The van der Waals surface area contributed by atoms with Crippen LogP contribution in [0, 0.1) is 17.8 Å². The Morgan fingerprint density at radius 3 is 2.09 bits per heavy atom. The van der Waals surface area contributed by atoms with Crippen molar-refractivity contribution in [3.8, 4) is 0 Å². The second-order valence-electron chi connectivity index (χ2n) is 10.7. The van der Waals surface area contributed by atoms with Crippen molar-refractivity contribution in [1.29, 1.82) is 0 Å². The predicted molar refractivity (Wildman–Crippen MR) is 132 cm³/mol. The maximum Gasteiger partial charge on any atom is 0.277 e. The van der Waals surface area contributed by atoms with Gasteiger partial charge in [-0.25, -0.2) is 8.78 Å². The summed E-state index contributed by atoms with van der Waals surface area (Å²) in [5.74, 6) is -1.71. The molecule has 0 aromatic heterocycles. The Hall–Kier alpha value is -2.33. The number of aliphatic hydroxyl groups is 1. The Morgan fingerprint density at radius 1 is 1.03 bits per heavy atom. The molecule has 2 fully saturated rings. The summed E-state index contributed by atoms with van der Waals surface area (Å²) < 4.78 is 27.6. The van der Waals surface area contributed by atoms with E-state index in [9.17, 15) is 18.7 Å². The van der Waals surface area contributed by atoms with Gasteiger partial charge in [-0.2, -0.15) is 0 Å². The number of ketones is 1. The molecule has 2 aliphatic rings. The minimum absolute atomic E-state index is 0.0178. The van der Waals surface area contributed by atoms with Crippen molar-refractivity contribution in [2.24, 2.45) is 17.8 Å². The van der Waals surface area contributed by atoms with Gasteiger partial charge in [0.15, 0.2) is 5.78 Å². The zero-order valence-electron chi connectivity index (χ0n) is 20.3. The van der Waals surface area contributed by atoms with Crippen LogP contribution in [0.4, 0.5) is 8.78 Å². The predicted octanol–water partition coefficient (Wildman–Crippen LogP) is 7.46. The lowest BCUT2D eigenvalue weighted by Crippen LogP contribution is -2.40. The first kappa shape index (κ1) is 24.8. The number of alkyl halides is 2. The van der Waals surface area contributed by atoms with Crippen molar-refractivity contribution in [1.82, 2.24) is 0 Å². The molecule has 1 N–H and O–H groups in total. The molecule has 0 amide bonds. The molecule has 34 heavy (non-hydrogen) atoms. The largest absolute Gasteiger partial charge is 0.379 e. The number of halogens is 2. The van der Waals surface area contributed by atoms with E-state index < -0.39 is 11.5 Å². The van der Waals surface area contributed by atoms with E-state index in [1.807, 2.05) is 6.07 Å². The first-order valence-electron chi connectivity index (χ1n) is 12.5. The van der Waals surface area contributed by atoms with Crippen LogP contribution in [0.3, 0.4) is 0 Å². The molecule has 0 spiro atoms. The van der Waals surface area contributed by atoms with Crippen molar-refractivity contribution in [2.75, 3.05) is 0 Å². The molecule has 4 heteroatoms. The number of Topliss-reactive ketones (excluding diaryl/α,β-unsaturated/α-hetero) is 1. The van der Waals surface area contributed by atoms with Crippen LogP contribution in [0.5, 0.6) is 0 Å². The average molecular weight is 467 g/mol. The molecule has 2 atom stereocenters. The Kier molecular flexibility index (Phi) is 6.83. The summed E-state index contributed by atoms with van der Waals surface area (Å²) in [4.78, 5) is 13.2. The summed E-state index contributed by atoms with van der Waals surface area (Å²) in [5, 5.41) is 10.3. The Balaban J connectivity index is 1.43. The number of allylic oxidation sites excluding steroid dienone is 1. The monoisotopic (exact) mass is 466 g/mol. The van der Waals surface area contributed by atoms with Crippen LogP contribution in [0.2, 0.25) is 0 Å². The Labute approximate surface area is 202 Å². The third kappa shape index (κ3) is 4.88. The lowest BCUT2D eigenvalue weighted by atomic mass is 9.63. The van der Waals surface area contributed by atoms with Crippen molar-refractivity contribution < 1.29 is 18.7 Å². The normalized spacial score (nSPS) is 25.9. The van der Waals surface area contributed by atoms with Gasteiger partial charge in [-0.05, 0) is 74.3 Å². The fourth-order valence-electron chi connectivity index (χ4n) is 5.77. The number of hydrogen-bond donors (Lipinski definition) is 1. The van der Waals surface area contributed by atoms with Gasteiger partial charge in [0.05, 0.1) is 0 Å². The lowest BCUT2D eigenvalue weighted by Gasteiger charge is -2.41. The molecular formula is C30H36F2O2. The molecule has 2 aromatic carbocycles. The van der Waals surface area contributed by atoms with Crippen LogP contribution in [-0.4, -0.2) is 16.8 Å². The molecule has 182 valence electrons. The molecular weight excluding hydrogens is 430 g/mol. The van der Waals surface area contributed by atoms with E-state index in [2.05, 4.69) is 36.9 Å². The molecule has 0 aliphatic heterocycles. The number of benzene rings is 2. The van der Waals surface area contributed by atoms with Crippen molar-refractivity contribution in [3.05, 3.63) is 83.9 Å². The summed E-state index contributed by atoms with van der Waals surface area (Å²) in [6, 6.07) is 16.7. The van der Waals surface area contributed by atoms with Crippen molar-refractivity contribution in [2.45, 2.75) is 75.7 Å². The fourth-order valence-corrected chi connectivity index (χ4v) is 5.77. The van der Waals surface area contributed by atoms with Gasteiger partial charge in [0.2, 0.25) is 0 Å². The van der Waals surface area contributed by atoms with Gasteiger partial charge in [-0.15, -0.1) is 6.58 Å². The summed E-state index contributed by atoms with van der Waals surface area (Å²) in [6.45, 7) is 5.97. The summed E-state index contributed by atoms with van der Waals surface area (Å²) >= 11 is 0. The average Bonchev–Trinajstić information content (AvgIpc) is 3.68. The molecule has 1 unspecified atom stereocenters. The zero-order chi connectivity index (χ0) is 24.6. The molecule has 0 bridgehead atoms. The second kappa shape index (κ2) is 9.37. The molecule has 4 rings (SSSR count). The molecule has 2 aliphatic carbocycles. The Bertz CT molecular complexity index is 992. The van der Waals surface area contributed by atoms with Gasteiger partial charge in [0, 0.05) is 24.3 Å². The van der Waals surface area contributed by atoms with Gasteiger partial charge in [0.25, 0.3) is 5.92 Å². The van der Waals surface area contributed by atoms with E-state index in [-0.39, 0.29) is 16.8 Å². The van der Waals surface area contributed by atoms with Crippen LogP contribution in [0.1, 0.15) is 80.3 Å². The van der Waals surface area contributed by atoms with Crippen molar-refractivity contribution >= 4 is 5.78 Å². The summed E-state index contributed by atoms with van der Waals surface area (Å²) in [7, 11) is 0. The highest BCUT2D eigenvalue weighted by Gasteiger charge is 2.46. The van der Waals surface area contributed by atoms with E-state index in [1.54, 1.807) is 12.1 Å². The van der Waals surface area contributed by atoms with E-state index in [0.717, 1.165) is 32.6 Å². The smallest absolute Gasteiger partial charge is 0.277 e. The molecule has 0 saturated heterocycles. The standard InChI is InChI=1S/C30H36F2O2/c1-4-30(25-8-6-5-7-9-25)18-16-22(17-19-30)26(21-10-11-21)20-27(33)23-12-14-24(15-13-23)28(2,34)29(3,31)32/h4-9,12-15,21-22,26,34H,1,10-11,16-20H2,2-3H3/t22?,26?,28-,30?/m0/s1. The highest BCUT2D eigenvalue weighted by molar-refractivity contribution is 5.96. The Morgan fingerprint density at radius 2 is 1.59 bits per heavy atom. The minimum atomic E-state index is -3.28. The molecule has 2 aromatic rings. The third-order valence-corrected chi connectivity index (χ3v) is 8.54. The van der Waals surface area contributed by atoms with Crippen molar-refractivity contribution in [3.63, 3.8) is 0 Å². The van der Waals surface area contributed by atoms with E-state index in [1.165, 1.54) is 30.5 Å². The third-order valence-electron chi connectivity index (χ3n) is 8.54. The second-order valence-corrected chi connectivity index (χ2v) is 10.7. The first-order chi connectivity index (χ1) is 16.1. The maximum absolute atomic E-state index is 13.8. The lowest BCUT2D eigenvalue weighted by molar-refractivity contribution is -0.165. The molecule has 2 nitrogen and oxygen atoms in total. The van der Waals surface area contributed by atoms with Crippen LogP contribution in [0.25, 0.3) is 0 Å². The number of carbonyl (C=O) groups excluding carboxylic acids is 1. The van der Waals surface area contributed by atoms with E-state index >= 15 is 0 Å². The van der Waals surface area contributed by atoms with E-state index in [4.69, 9.17) is 0 Å². The topological polar surface area (TPSA) is 37.3 Å². The fraction of sp³-hybridized carbons (Fsp3) is 0.500. The van der Waals surface area contributed by atoms with Gasteiger partial charge in [0.1, 0.15) is 5.60 Å². The SMILES string of the molecule is C=CC1(c2ccccc2)CCC(C(CC(=O)c2ccc([C@](C)(O)C(C)(F)F)cc2)C2CC2)CC1. The van der Waals surface area contributed by atoms with Gasteiger partial charge < -0.3 is 5.11 Å². The van der Waals surface area contributed by atoms with Gasteiger partial charge in [-0.1, -0.05) is 60.7 Å². The van der Waals surface area contributed by atoms with Gasteiger partial charge in [-0.3, -0.25) is 4.79 Å². The van der Waals surface area contributed by atoms with Crippen LogP contribution in [-0.2, 0) is 11.0 Å². The molecule has 0 radical (unpaired) electrons. The number of rotatable bonds is 9. The van der Waals surface area contributed by atoms with Gasteiger partial charge >= 0.3 is 0 Å².